The van der Waals surface area contributed by atoms with Gasteiger partial charge in [-0.1, -0.05) is 13.8 Å². The average Bonchev–Trinajstić information content (AvgIpc) is 2.13. The molecular formula is C10H22N2O2. The highest BCUT2D eigenvalue weighted by Crippen LogP contribution is 2.01. The monoisotopic (exact) mass is 202 g/mol. The zero-order valence-electron chi connectivity index (χ0n) is 9.38. The molecule has 0 aliphatic heterocycles. The van der Waals surface area contributed by atoms with E-state index in [1.165, 1.54) is 0 Å². The van der Waals surface area contributed by atoms with Gasteiger partial charge >= 0.3 is 0 Å². The van der Waals surface area contributed by atoms with Gasteiger partial charge in [0.05, 0.1) is 0 Å². The van der Waals surface area contributed by atoms with E-state index in [9.17, 15) is 4.79 Å². The molecule has 0 spiro atoms. The molecule has 1 amide bonds. The van der Waals surface area contributed by atoms with Gasteiger partial charge in [-0.15, -0.1) is 0 Å². The predicted molar refractivity (Wildman–Crippen MR) is 56.9 cm³/mol. The van der Waals surface area contributed by atoms with Crippen molar-refractivity contribution in [3.8, 4) is 0 Å². The van der Waals surface area contributed by atoms with Crippen molar-refractivity contribution in [2.45, 2.75) is 33.3 Å². The summed E-state index contributed by atoms with van der Waals surface area (Å²) in [6, 6.07) is 0. The van der Waals surface area contributed by atoms with Crippen LogP contribution in [0.2, 0.25) is 0 Å². The molecule has 0 bridgehead atoms. The quantitative estimate of drug-likeness (QED) is 0.632. The summed E-state index contributed by atoms with van der Waals surface area (Å²) in [6.07, 6.45) is 0.606. The van der Waals surface area contributed by atoms with Gasteiger partial charge in [0.1, 0.15) is 6.10 Å². The third-order valence-corrected chi connectivity index (χ3v) is 1.88. The van der Waals surface area contributed by atoms with Crippen molar-refractivity contribution >= 4 is 5.91 Å². The number of rotatable bonds is 7. The van der Waals surface area contributed by atoms with E-state index in [1.807, 2.05) is 0 Å². The van der Waals surface area contributed by atoms with E-state index in [1.54, 1.807) is 6.92 Å². The fourth-order valence-electron chi connectivity index (χ4n) is 0.895. The molecule has 0 aromatic rings. The van der Waals surface area contributed by atoms with E-state index in [0.29, 0.717) is 25.6 Å². The van der Waals surface area contributed by atoms with Gasteiger partial charge in [0.25, 0.3) is 0 Å². The largest absolute Gasteiger partial charge is 0.369 e. The molecule has 1 unspecified atom stereocenters. The zero-order valence-corrected chi connectivity index (χ0v) is 9.38. The predicted octanol–water partition coefficient (Wildman–Crippen LogP) is 0.513. The van der Waals surface area contributed by atoms with Gasteiger partial charge in [0, 0.05) is 19.7 Å². The van der Waals surface area contributed by atoms with Gasteiger partial charge < -0.3 is 15.8 Å². The number of ether oxygens (including phenoxy) is 1. The number of nitrogens with two attached hydrogens (primary N) is 1. The Morgan fingerprint density at radius 1 is 1.43 bits per heavy atom. The summed E-state index contributed by atoms with van der Waals surface area (Å²) < 4.78 is 5.36. The van der Waals surface area contributed by atoms with Crippen molar-refractivity contribution in [2.75, 3.05) is 19.7 Å². The maximum Gasteiger partial charge on any atom is 0.248 e. The van der Waals surface area contributed by atoms with E-state index in [2.05, 4.69) is 19.2 Å². The van der Waals surface area contributed by atoms with Crippen LogP contribution in [0.5, 0.6) is 0 Å². The Balaban J connectivity index is 3.51. The van der Waals surface area contributed by atoms with Crippen molar-refractivity contribution in [1.82, 2.24) is 5.32 Å². The molecule has 0 aliphatic carbocycles. The summed E-state index contributed by atoms with van der Waals surface area (Å²) >= 11 is 0. The lowest BCUT2D eigenvalue weighted by Gasteiger charge is -2.13. The Morgan fingerprint density at radius 2 is 2.07 bits per heavy atom. The first-order chi connectivity index (χ1) is 6.57. The van der Waals surface area contributed by atoms with Gasteiger partial charge in [0.2, 0.25) is 5.91 Å². The fraction of sp³-hybridized carbons (Fsp3) is 0.900. The summed E-state index contributed by atoms with van der Waals surface area (Å²) in [7, 11) is 0. The van der Waals surface area contributed by atoms with Gasteiger partial charge in [-0.3, -0.25) is 4.79 Å². The Morgan fingerprint density at radius 3 is 2.57 bits per heavy atom. The van der Waals surface area contributed by atoms with E-state index >= 15 is 0 Å². The van der Waals surface area contributed by atoms with Crippen LogP contribution in [0, 0.1) is 5.92 Å². The molecule has 0 rings (SSSR count). The second-order valence-electron chi connectivity index (χ2n) is 3.78. The minimum Gasteiger partial charge on any atom is -0.369 e. The summed E-state index contributed by atoms with van der Waals surface area (Å²) in [4.78, 5) is 11.3. The molecule has 0 saturated heterocycles. The third kappa shape index (κ3) is 6.86. The lowest BCUT2D eigenvalue weighted by atomic mass is 10.1. The van der Waals surface area contributed by atoms with Crippen LogP contribution in [-0.4, -0.2) is 31.7 Å². The first-order valence-electron chi connectivity index (χ1n) is 5.17. The maximum absolute atomic E-state index is 11.3. The first kappa shape index (κ1) is 13.4. The van der Waals surface area contributed by atoms with E-state index < -0.39 is 0 Å². The van der Waals surface area contributed by atoms with Crippen LogP contribution in [0.3, 0.4) is 0 Å². The summed E-state index contributed by atoms with van der Waals surface area (Å²) in [5.74, 6) is 0.522. The number of carbonyl (C=O) groups is 1. The molecule has 3 N–H and O–H groups in total. The third-order valence-electron chi connectivity index (χ3n) is 1.88. The minimum atomic E-state index is -0.375. The number of carbonyl (C=O) groups excluding carboxylic acids is 1. The molecule has 0 fully saturated rings. The highest BCUT2D eigenvalue weighted by molar-refractivity contribution is 5.80. The van der Waals surface area contributed by atoms with Crippen LogP contribution < -0.4 is 11.1 Å². The second-order valence-corrected chi connectivity index (χ2v) is 3.78. The Kier molecular flexibility index (Phi) is 7.42. The van der Waals surface area contributed by atoms with Crippen LogP contribution in [0.25, 0.3) is 0 Å². The van der Waals surface area contributed by atoms with Gasteiger partial charge in [-0.05, 0) is 19.3 Å². The SMILES string of the molecule is CC(C)CCOC(C)C(=O)NCCN. The van der Waals surface area contributed by atoms with Crippen molar-refractivity contribution in [3.05, 3.63) is 0 Å². The standard InChI is InChI=1S/C10H22N2O2/c1-8(2)4-7-14-9(3)10(13)12-6-5-11/h8-9H,4-7,11H2,1-3H3,(H,12,13). The van der Waals surface area contributed by atoms with Gasteiger partial charge in [0.15, 0.2) is 0 Å². The molecule has 84 valence electrons. The lowest BCUT2D eigenvalue weighted by molar-refractivity contribution is -0.131. The van der Waals surface area contributed by atoms with Crippen LogP contribution in [0.4, 0.5) is 0 Å². The van der Waals surface area contributed by atoms with Gasteiger partial charge in [-0.2, -0.15) is 0 Å². The summed E-state index contributed by atoms with van der Waals surface area (Å²) in [5, 5.41) is 2.68. The minimum absolute atomic E-state index is 0.0841. The lowest BCUT2D eigenvalue weighted by Crippen LogP contribution is -2.37. The second kappa shape index (κ2) is 7.76. The molecule has 0 aromatic heterocycles. The Labute approximate surface area is 86.2 Å². The van der Waals surface area contributed by atoms with Crippen molar-refractivity contribution in [2.24, 2.45) is 11.7 Å². The Bertz CT molecular complexity index is 160. The topological polar surface area (TPSA) is 64.3 Å². The van der Waals surface area contributed by atoms with Crippen molar-refractivity contribution < 1.29 is 9.53 Å². The van der Waals surface area contributed by atoms with Crippen LogP contribution in [0.1, 0.15) is 27.2 Å². The smallest absolute Gasteiger partial charge is 0.248 e. The molecule has 4 nitrogen and oxygen atoms in total. The molecule has 14 heavy (non-hydrogen) atoms. The summed E-state index contributed by atoms with van der Waals surface area (Å²) in [5.41, 5.74) is 5.26. The molecule has 0 heterocycles. The van der Waals surface area contributed by atoms with Crippen molar-refractivity contribution in [1.29, 1.82) is 0 Å². The number of hydrogen-bond donors (Lipinski definition) is 2. The number of nitrogens with one attached hydrogen (secondary N) is 1. The maximum atomic E-state index is 11.3. The first-order valence-corrected chi connectivity index (χ1v) is 5.17. The van der Waals surface area contributed by atoms with E-state index in [4.69, 9.17) is 10.5 Å². The van der Waals surface area contributed by atoms with Gasteiger partial charge in [-0.25, -0.2) is 0 Å². The summed E-state index contributed by atoms with van der Waals surface area (Å²) in [6.45, 7) is 7.62. The molecule has 4 heteroatoms. The van der Waals surface area contributed by atoms with E-state index in [-0.39, 0.29) is 12.0 Å². The van der Waals surface area contributed by atoms with Crippen LogP contribution in [-0.2, 0) is 9.53 Å². The number of amides is 1. The van der Waals surface area contributed by atoms with Crippen molar-refractivity contribution in [3.63, 3.8) is 0 Å². The van der Waals surface area contributed by atoms with Crippen LogP contribution in [0.15, 0.2) is 0 Å². The molecular weight excluding hydrogens is 180 g/mol. The highest BCUT2D eigenvalue weighted by Gasteiger charge is 2.11. The van der Waals surface area contributed by atoms with E-state index in [0.717, 1.165) is 6.42 Å². The molecule has 0 aliphatic rings. The average molecular weight is 202 g/mol. The molecule has 0 aromatic carbocycles. The highest BCUT2D eigenvalue weighted by atomic mass is 16.5. The number of hydrogen-bond acceptors (Lipinski definition) is 3. The Hall–Kier alpha value is -0.610. The molecule has 0 saturated carbocycles. The fourth-order valence-corrected chi connectivity index (χ4v) is 0.895. The molecule has 0 radical (unpaired) electrons. The van der Waals surface area contributed by atoms with Crippen LogP contribution >= 0.6 is 0 Å². The normalized spacial score (nSPS) is 12.9. The zero-order chi connectivity index (χ0) is 11.0. The molecule has 1 atom stereocenters.